The molecule has 1 aliphatic heterocycles. The molecule has 9 nitrogen and oxygen atoms in total. The molecule has 1 aromatic rings. The van der Waals surface area contributed by atoms with Crippen LogP contribution >= 0.6 is 0 Å². The Kier molecular flexibility index (Phi) is 6.71. The lowest BCUT2D eigenvalue weighted by Crippen LogP contribution is -2.58. The van der Waals surface area contributed by atoms with Crippen molar-refractivity contribution in [3.05, 3.63) is 29.3 Å². The van der Waals surface area contributed by atoms with Crippen LogP contribution in [0.15, 0.2) is 23.8 Å². The van der Waals surface area contributed by atoms with E-state index < -0.39 is 23.8 Å². The summed E-state index contributed by atoms with van der Waals surface area (Å²) < 4.78 is 10.9. The molecule has 0 spiro atoms. The summed E-state index contributed by atoms with van der Waals surface area (Å²) in [6, 6.07) is 3.91. The largest absolute Gasteiger partial charge is 0.490 e. The highest BCUT2D eigenvalue weighted by atomic mass is 16.5. The van der Waals surface area contributed by atoms with Crippen molar-refractivity contribution in [2.75, 3.05) is 13.2 Å². The van der Waals surface area contributed by atoms with Crippen molar-refractivity contribution < 1.29 is 28.7 Å². The standard InChI is InChI=1S/C21H25N3O6/c1-2-29-17-11-13(8-9-16(17)30-12-18(22)25)10-15-19(26)23-21(28)24(20(15)27)14-6-4-3-5-7-14/h8-11,14H,2-7,12H2,1H3,(H2,22,25)(H,23,26,28). The van der Waals surface area contributed by atoms with E-state index in [-0.39, 0.29) is 18.2 Å². The van der Waals surface area contributed by atoms with Crippen LogP contribution in [0.3, 0.4) is 0 Å². The number of hydrogen-bond donors (Lipinski definition) is 2. The maximum Gasteiger partial charge on any atom is 0.331 e. The second-order valence-electron chi connectivity index (χ2n) is 7.18. The summed E-state index contributed by atoms with van der Waals surface area (Å²) in [5.74, 6) is -1.29. The second kappa shape index (κ2) is 9.43. The maximum absolute atomic E-state index is 13.0. The summed E-state index contributed by atoms with van der Waals surface area (Å²) in [6.45, 7) is 1.82. The Labute approximate surface area is 174 Å². The number of nitrogens with one attached hydrogen (secondary N) is 1. The quantitative estimate of drug-likeness (QED) is 0.516. The van der Waals surface area contributed by atoms with E-state index in [2.05, 4.69) is 5.32 Å². The molecule has 2 aliphatic rings. The molecule has 0 atom stereocenters. The summed E-state index contributed by atoms with van der Waals surface area (Å²) in [6.07, 6.45) is 5.85. The number of nitrogens with zero attached hydrogens (tertiary/aromatic N) is 1. The lowest BCUT2D eigenvalue weighted by molar-refractivity contribution is -0.132. The van der Waals surface area contributed by atoms with E-state index in [1.165, 1.54) is 11.0 Å². The molecule has 9 heteroatoms. The molecule has 1 saturated heterocycles. The Morgan fingerprint density at radius 3 is 2.57 bits per heavy atom. The minimum Gasteiger partial charge on any atom is -0.490 e. The van der Waals surface area contributed by atoms with Crippen LogP contribution in [0.5, 0.6) is 11.5 Å². The number of barbiturate groups is 1. The van der Waals surface area contributed by atoms with Gasteiger partial charge in [-0.1, -0.05) is 25.3 Å². The number of urea groups is 1. The third-order valence-corrected chi connectivity index (χ3v) is 5.02. The molecule has 1 aliphatic carbocycles. The molecular weight excluding hydrogens is 390 g/mol. The Morgan fingerprint density at radius 1 is 1.17 bits per heavy atom. The average molecular weight is 415 g/mol. The van der Waals surface area contributed by atoms with Gasteiger partial charge in [-0.15, -0.1) is 0 Å². The molecule has 0 radical (unpaired) electrons. The number of primary amides is 1. The smallest absolute Gasteiger partial charge is 0.331 e. The minimum absolute atomic E-state index is 0.117. The fourth-order valence-corrected chi connectivity index (χ4v) is 3.66. The van der Waals surface area contributed by atoms with Gasteiger partial charge in [0.2, 0.25) is 0 Å². The van der Waals surface area contributed by atoms with Crippen LogP contribution in [0, 0.1) is 0 Å². The van der Waals surface area contributed by atoms with Crippen molar-refractivity contribution in [2.45, 2.75) is 45.1 Å². The van der Waals surface area contributed by atoms with Crippen molar-refractivity contribution in [1.29, 1.82) is 0 Å². The third kappa shape index (κ3) is 4.79. The van der Waals surface area contributed by atoms with Crippen molar-refractivity contribution >= 4 is 29.8 Å². The number of amides is 5. The zero-order valence-corrected chi connectivity index (χ0v) is 16.8. The summed E-state index contributed by atoms with van der Waals surface area (Å²) in [4.78, 5) is 49.7. The molecule has 1 heterocycles. The first-order valence-electron chi connectivity index (χ1n) is 9.99. The first kappa shape index (κ1) is 21.4. The predicted molar refractivity (Wildman–Crippen MR) is 108 cm³/mol. The molecule has 5 amide bonds. The van der Waals surface area contributed by atoms with Gasteiger partial charge in [0.15, 0.2) is 18.1 Å². The van der Waals surface area contributed by atoms with E-state index in [4.69, 9.17) is 15.2 Å². The summed E-state index contributed by atoms with van der Waals surface area (Å²) in [5.41, 5.74) is 5.50. The fourth-order valence-electron chi connectivity index (χ4n) is 3.66. The predicted octanol–water partition coefficient (Wildman–Crippen LogP) is 1.74. The monoisotopic (exact) mass is 415 g/mol. The fraction of sp³-hybridized carbons (Fsp3) is 0.429. The average Bonchev–Trinajstić information content (AvgIpc) is 2.71. The number of rotatable bonds is 7. The van der Waals surface area contributed by atoms with Crippen LogP contribution < -0.4 is 20.5 Å². The topological polar surface area (TPSA) is 128 Å². The Balaban J connectivity index is 1.88. The number of carbonyl (C=O) groups excluding carboxylic acids is 4. The van der Waals surface area contributed by atoms with Crippen LogP contribution in [0.4, 0.5) is 4.79 Å². The van der Waals surface area contributed by atoms with E-state index in [1.807, 2.05) is 0 Å². The van der Waals surface area contributed by atoms with E-state index in [1.54, 1.807) is 25.1 Å². The minimum atomic E-state index is -0.732. The molecule has 0 unspecified atom stereocenters. The number of ether oxygens (including phenoxy) is 2. The van der Waals surface area contributed by atoms with E-state index in [9.17, 15) is 19.2 Å². The van der Waals surface area contributed by atoms with Gasteiger partial charge in [0.1, 0.15) is 5.57 Å². The maximum atomic E-state index is 13.0. The molecule has 2 fully saturated rings. The lowest BCUT2D eigenvalue weighted by atomic mass is 9.93. The Bertz CT molecular complexity index is 889. The molecular formula is C21H25N3O6. The highest BCUT2D eigenvalue weighted by Crippen LogP contribution is 2.31. The molecule has 1 aromatic carbocycles. The van der Waals surface area contributed by atoms with Gasteiger partial charge in [0, 0.05) is 6.04 Å². The molecule has 30 heavy (non-hydrogen) atoms. The van der Waals surface area contributed by atoms with Gasteiger partial charge in [-0.25, -0.2) is 4.79 Å². The molecule has 0 aromatic heterocycles. The molecule has 1 saturated carbocycles. The first-order chi connectivity index (χ1) is 14.4. The van der Waals surface area contributed by atoms with Gasteiger partial charge < -0.3 is 15.2 Å². The number of imide groups is 2. The van der Waals surface area contributed by atoms with Crippen LogP contribution in [0.2, 0.25) is 0 Å². The van der Waals surface area contributed by atoms with Gasteiger partial charge in [0.25, 0.3) is 17.7 Å². The third-order valence-electron chi connectivity index (χ3n) is 5.02. The van der Waals surface area contributed by atoms with Crippen LogP contribution in [0.25, 0.3) is 6.08 Å². The second-order valence-corrected chi connectivity index (χ2v) is 7.18. The number of carbonyl (C=O) groups is 4. The normalized spacial score (nSPS) is 19.0. The summed E-state index contributed by atoms with van der Waals surface area (Å²) in [5, 5.41) is 2.26. The highest BCUT2D eigenvalue weighted by molar-refractivity contribution is 6.31. The van der Waals surface area contributed by atoms with Crippen molar-refractivity contribution in [3.8, 4) is 11.5 Å². The molecule has 160 valence electrons. The van der Waals surface area contributed by atoms with Crippen LogP contribution in [0.1, 0.15) is 44.6 Å². The van der Waals surface area contributed by atoms with Crippen molar-refractivity contribution in [1.82, 2.24) is 10.2 Å². The number of benzene rings is 1. The van der Waals surface area contributed by atoms with Gasteiger partial charge in [-0.3, -0.25) is 24.6 Å². The Hall–Kier alpha value is -3.36. The zero-order valence-electron chi connectivity index (χ0n) is 16.8. The van der Waals surface area contributed by atoms with Crippen molar-refractivity contribution in [3.63, 3.8) is 0 Å². The number of hydrogen-bond acceptors (Lipinski definition) is 6. The summed E-state index contributed by atoms with van der Waals surface area (Å²) >= 11 is 0. The van der Waals surface area contributed by atoms with Crippen LogP contribution in [-0.2, 0) is 14.4 Å². The Morgan fingerprint density at radius 2 is 1.90 bits per heavy atom. The molecule has 3 N–H and O–H groups in total. The zero-order chi connectivity index (χ0) is 21.7. The van der Waals surface area contributed by atoms with E-state index in [0.29, 0.717) is 23.7 Å². The lowest BCUT2D eigenvalue weighted by Gasteiger charge is -2.35. The van der Waals surface area contributed by atoms with Gasteiger partial charge in [-0.05, 0) is 43.5 Å². The van der Waals surface area contributed by atoms with E-state index >= 15 is 0 Å². The molecule has 0 bridgehead atoms. The SMILES string of the molecule is CCOc1cc(C=C2C(=O)NC(=O)N(C3CCCCC3)C2=O)ccc1OCC(N)=O. The van der Waals surface area contributed by atoms with E-state index in [0.717, 1.165) is 32.1 Å². The molecule has 3 rings (SSSR count). The number of nitrogens with two attached hydrogens (primary N) is 1. The summed E-state index contributed by atoms with van der Waals surface area (Å²) in [7, 11) is 0. The van der Waals surface area contributed by atoms with Crippen LogP contribution in [-0.4, -0.2) is 47.9 Å². The first-order valence-corrected chi connectivity index (χ1v) is 9.99. The van der Waals surface area contributed by atoms with Gasteiger partial charge in [-0.2, -0.15) is 0 Å². The van der Waals surface area contributed by atoms with Crippen molar-refractivity contribution in [2.24, 2.45) is 5.73 Å². The highest BCUT2D eigenvalue weighted by Gasteiger charge is 2.40. The van der Waals surface area contributed by atoms with Gasteiger partial charge >= 0.3 is 6.03 Å². The van der Waals surface area contributed by atoms with Gasteiger partial charge in [0.05, 0.1) is 6.61 Å².